The third-order valence-electron chi connectivity index (χ3n) is 5.11. The Hall–Kier alpha value is -2.17. The number of likely N-dealkylation sites (tertiary alicyclic amines) is 1. The molecule has 26 heavy (non-hydrogen) atoms. The number of ether oxygens (including phenoxy) is 1. The van der Waals surface area contributed by atoms with Gasteiger partial charge in [-0.3, -0.25) is 4.79 Å². The highest BCUT2D eigenvalue weighted by molar-refractivity contribution is 5.83. The zero-order valence-electron chi connectivity index (χ0n) is 15.9. The quantitative estimate of drug-likeness (QED) is 0.554. The van der Waals surface area contributed by atoms with Crippen LogP contribution in [0.4, 0.5) is 0 Å². The molecule has 5 heteroatoms. The van der Waals surface area contributed by atoms with E-state index in [-0.39, 0.29) is 5.91 Å². The molecule has 1 amide bonds. The van der Waals surface area contributed by atoms with E-state index in [9.17, 15) is 14.4 Å². The maximum absolute atomic E-state index is 12.8. The molecule has 142 valence electrons. The minimum absolute atomic E-state index is 0.109. The maximum atomic E-state index is 12.8. The van der Waals surface area contributed by atoms with Crippen molar-refractivity contribution in [2.45, 2.75) is 65.0 Å². The van der Waals surface area contributed by atoms with Gasteiger partial charge in [-0.25, -0.2) is 4.79 Å². The van der Waals surface area contributed by atoms with Gasteiger partial charge in [0.15, 0.2) is 0 Å². The average molecular weight is 359 g/mol. The Morgan fingerprint density at radius 3 is 2.58 bits per heavy atom. The molecule has 0 bridgehead atoms. The van der Waals surface area contributed by atoms with E-state index in [0.717, 1.165) is 31.1 Å². The number of hydrogen-bond donors (Lipinski definition) is 0. The number of carbonyl (C=O) groups excluding carboxylic acids is 3. The molecule has 1 unspecified atom stereocenters. The topological polar surface area (TPSA) is 63.7 Å². The van der Waals surface area contributed by atoms with Crippen LogP contribution in [0.2, 0.25) is 0 Å². The lowest BCUT2D eigenvalue weighted by atomic mass is 9.84. The molecule has 0 spiro atoms. The predicted octanol–water partition coefficient (Wildman–Crippen LogP) is 3.16. The SMILES string of the molecule is CC(=O)N1CCCCC1C(=O)O[C@H](CCc1ccccc1)C(C)(C)C=O. The molecule has 1 aromatic rings. The standard InChI is InChI=1S/C21H29NO4/c1-16(24)22-14-8-7-11-18(22)20(25)26-19(21(2,3)15-23)13-12-17-9-5-4-6-10-17/h4-6,9-10,15,18-19H,7-8,11-14H2,1-3H3/t18?,19-/m1/s1. The number of aryl methyl sites for hydroxylation is 1. The van der Waals surface area contributed by atoms with Gasteiger partial charge in [0, 0.05) is 13.5 Å². The molecular formula is C21H29NO4. The second-order valence-electron chi connectivity index (χ2n) is 7.61. The van der Waals surface area contributed by atoms with Crippen LogP contribution < -0.4 is 0 Å². The Bertz CT molecular complexity index is 626. The van der Waals surface area contributed by atoms with E-state index in [1.807, 2.05) is 30.3 Å². The van der Waals surface area contributed by atoms with E-state index in [1.165, 1.54) is 6.92 Å². The molecule has 2 rings (SSSR count). The van der Waals surface area contributed by atoms with Gasteiger partial charge in [0.2, 0.25) is 5.91 Å². The van der Waals surface area contributed by atoms with Crippen LogP contribution in [0.1, 0.15) is 52.0 Å². The molecule has 0 aromatic heterocycles. The number of carbonyl (C=O) groups is 3. The molecule has 0 radical (unpaired) electrons. The minimum atomic E-state index is -0.778. The van der Waals surface area contributed by atoms with Gasteiger partial charge in [-0.15, -0.1) is 0 Å². The smallest absolute Gasteiger partial charge is 0.329 e. The van der Waals surface area contributed by atoms with Gasteiger partial charge >= 0.3 is 5.97 Å². The summed E-state index contributed by atoms with van der Waals surface area (Å²) < 4.78 is 5.78. The van der Waals surface area contributed by atoms with Crippen LogP contribution in [0, 0.1) is 5.41 Å². The van der Waals surface area contributed by atoms with E-state index < -0.39 is 23.5 Å². The molecule has 0 aliphatic carbocycles. The van der Waals surface area contributed by atoms with E-state index in [0.29, 0.717) is 19.4 Å². The first-order chi connectivity index (χ1) is 12.3. The molecule has 1 fully saturated rings. The number of hydrogen-bond acceptors (Lipinski definition) is 4. The first-order valence-electron chi connectivity index (χ1n) is 9.33. The van der Waals surface area contributed by atoms with E-state index in [4.69, 9.17) is 4.74 Å². The normalized spacial score (nSPS) is 18.9. The molecule has 1 aromatic carbocycles. The summed E-state index contributed by atoms with van der Waals surface area (Å²) in [6.45, 7) is 5.63. The van der Waals surface area contributed by atoms with Crippen molar-refractivity contribution in [2.75, 3.05) is 6.54 Å². The van der Waals surface area contributed by atoms with E-state index in [1.54, 1.807) is 18.7 Å². The highest BCUT2D eigenvalue weighted by atomic mass is 16.5. The summed E-state index contributed by atoms with van der Waals surface area (Å²) in [6.07, 6.45) is 4.02. The minimum Gasteiger partial charge on any atom is -0.460 e. The van der Waals surface area contributed by atoms with Crippen molar-refractivity contribution in [3.05, 3.63) is 35.9 Å². The summed E-state index contributed by atoms with van der Waals surface area (Å²) >= 11 is 0. The molecular weight excluding hydrogens is 330 g/mol. The lowest BCUT2D eigenvalue weighted by Crippen LogP contribution is -2.49. The highest BCUT2D eigenvalue weighted by Gasteiger charge is 2.37. The second kappa shape index (κ2) is 8.97. The van der Waals surface area contributed by atoms with E-state index in [2.05, 4.69) is 0 Å². The Morgan fingerprint density at radius 2 is 1.96 bits per heavy atom. The molecule has 1 heterocycles. The first kappa shape index (κ1) is 20.1. The van der Waals surface area contributed by atoms with Crippen LogP contribution in [-0.4, -0.2) is 41.8 Å². The van der Waals surface area contributed by atoms with Crippen LogP contribution >= 0.6 is 0 Å². The van der Waals surface area contributed by atoms with Gasteiger partial charge in [0.25, 0.3) is 0 Å². The fourth-order valence-electron chi connectivity index (χ4n) is 3.37. The van der Waals surface area contributed by atoms with Gasteiger partial charge in [-0.05, 0) is 51.5 Å². The van der Waals surface area contributed by atoms with Gasteiger partial charge in [0.1, 0.15) is 18.4 Å². The number of nitrogens with zero attached hydrogens (tertiary/aromatic N) is 1. The zero-order valence-corrected chi connectivity index (χ0v) is 15.9. The first-order valence-corrected chi connectivity index (χ1v) is 9.33. The highest BCUT2D eigenvalue weighted by Crippen LogP contribution is 2.27. The van der Waals surface area contributed by atoms with Crippen molar-refractivity contribution in [1.82, 2.24) is 4.90 Å². The van der Waals surface area contributed by atoms with E-state index >= 15 is 0 Å². The van der Waals surface area contributed by atoms with Crippen molar-refractivity contribution in [2.24, 2.45) is 5.41 Å². The molecule has 0 saturated carbocycles. The number of amides is 1. The lowest BCUT2D eigenvalue weighted by Gasteiger charge is -2.36. The summed E-state index contributed by atoms with van der Waals surface area (Å²) in [5.41, 5.74) is 0.360. The van der Waals surface area contributed by atoms with Crippen LogP contribution in [0.25, 0.3) is 0 Å². The monoisotopic (exact) mass is 359 g/mol. The Kier molecular flexibility index (Phi) is 6.95. The summed E-state index contributed by atoms with van der Waals surface area (Å²) in [4.78, 5) is 37.7. The molecule has 0 N–H and O–H groups in total. The molecule has 5 nitrogen and oxygen atoms in total. The number of rotatable bonds is 7. The van der Waals surface area contributed by atoms with Crippen LogP contribution in [-0.2, 0) is 25.5 Å². The number of benzene rings is 1. The number of piperidine rings is 1. The molecule has 2 atom stereocenters. The predicted molar refractivity (Wildman–Crippen MR) is 99.5 cm³/mol. The second-order valence-corrected chi connectivity index (χ2v) is 7.61. The zero-order chi connectivity index (χ0) is 19.2. The third kappa shape index (κ3) is 5.16. The van der Waals surface area contributed by atoms with Gasteiger partial charge in [0.05, 0.1) is 5.41 Å². The fraction of sp³-hybridized carbons (Fsp3) is 0.571. The van der Waals surface area contributed by atoms with Crippen molar-refractivity contribution < 1.29 is 19.1 Å². The molecule has 1 aliphatic rings. The largest absolute Gasteiger partial charge is 0.460 e. The Morgan fingerprint density at radius 1 is 1.27 bits per heavy atom. The maximum Gasteiger partial charge on any atom is 0.329 e. The van der Waals surface area contributed by atoms with Crippen molar-refractivity contribution in [3.63, 3.8) is 0 Å². The summed E-state index contributed by atoms with van der Waals surface area (Å²) in [7, 11) is 0. The summed E-state index contributed by atoms with van der Waals surface area (Å²) in [6, 6.07) is 9.39. The fourth-order valence-corrected chi connectivity index (χ4v) is 3.37. The van der Waals surface area contributed by atoms with Crippen LogP contribution in [0.5, 0.6) is 0 Å². The Labute approximate surface area is 155 Å². The van der Waals surface area contributed by atoms with Gasteiger partial charge in [-0.2, -0.15) is 0 Å². The third-order valence-corrected chi connectivity index (χ3v) is 5.11. The van der Waals surface area contributed by atoms with Crippen molar-refractivity contribution >= 4 is 18.2 Å². The molecule has 1 aliphatic heterocycles. The van der Waals surface area contributed by atoms with Crippen molar-refractivity contribution in [1.29, 1.82) is 0 Å². The van der Waals surface area contributed by atoms with Gasteiger partial charge in [-0.1, -0.05) is 30.3 Å². The summed E-state index contributed by atoms with van der Waals surface area (Å²) in [5.74, 6) is -0.505. The van der Waals surface area contributed by atoms with Gasteiger partial charge < -0.3 is 14.4 Å². The number of esters is 1. The van der Waals surface area contributed by atoms with Crippen LogP contribution in [0.3, 0.4) is 0 Å². The lowest BCUT2D eigenvalue weighted by molar-refractivity contribution is -0.167. The number of aldehydes is 1. The molecule has 1 saturated heterocycles. The average Bonchev–Trinajstić information content (AvgIpc) is 2.65. The Balaban J connectivity index is 2.08. The van der Waals surface area contributed by atoms with Crippen LogP contribution in [0.15, 0.2) is 30.3 Å². The van der Waals surface area contributed by atoms with Crippen molar-refractivity contribution in [3.8, 4) is 0 Å². The summed E-state index contributed by atoms with van der Waals surface area (Å²) in [5, 5.41) is 0.